The van der Waals surface area contributed by atoms with Gasteiger partial charge in [-0.05, 0) is 54.9 Å². The minimum absolute atomic E-state index is 0.238. The molecule has 0 unspecified atom stereocenters. The minimum atomic E-state index is -0.238. The number of furan rings is 1. The first-order chi connectivity index (χ1) is 10.8. The highest BCUT2D eigenvalue weighted by molar-refractivity contribution is 5.57. The SMILES string of the molecule is Fc1ccc(-c2ccc(CNCCc3ccccc3)o2)cc1. The molecule has 112 valence electrons. The smallest absolute Gasteiger partial charge is 0.134 e. The van der Waals surface area contributed by atoms with Crippen LogP contribution in [-0.4, -0.2) is 6.54 Å². The first kappa shape index (κ1) is 14.5. The molecule has 0 fully saturated rings. The lowest BCUT2D eigenvalue weighted by molar-refractivity contribution is 0.494. The molecule has 0 atom stereocenters. The second-order valence-corrected chi connectivity index (χ2v) is 5.19. The van der Waals surface area contributed by atoms with Crippen LogP contribution >= 0.6 is 0 Å². The van der Waals surface area contributed by atoms with Crippen LogP contribution in [0.3, 0.4) is 0 Å². The fourth-order valence-electron chi connectivity index (χ4n) is 2.33. The van der Waals surface area contributed by atoms with Crippen LogP contribution in [0.2, 0.25) is 0 Å². The molecule has 0 saturated heterocycles. The summed E-state index contributed by atoms with van der Waals surface area (Å²) in [5.74, 6) is 1.41. The van der Waals surface area contributed by atoms with E-state index >= 15 is 0 Å². The highest BCUT2D eigenvalue weighted by Crippen LogP contribution is 2.22. The van der Waals surface area contributed by atoms with Gasteiger partial charge in [0.25, 0.3) is 0 Å². The highest BCUT2D eigenvalue weighted by Gasteiger charge is 2.04. The Morgan fingerprint density at radius 2 is 1.64 bits per heavy atom. The summed E-state index contributed by atoms with van der Waals surface area (Å²) in [5, 5.41) is 3.37. The van der Waals surface area contributed by atoms with Crippen molar-refractivity contribution in [3.05, 3.63) is 83.9 Å². The Morgan fingerprint density at radius 1 is 0.864 bits per heavy atom. The highest BCUT2D eigenvalue weighted by atomic mass is 19.1. The summed E-state index contributed by atoms with van der Waals surface area (Å²) in [6, 6.07) is 20.6. The number of hydrogen-bond acceptors (Lipinski definition) is 2. The van der Waals surface area contributed by atoms with Gasteiger partial charge in [-0.3, -0.25) is 0 Å². The molecule has 3 heteroatoms. The Hall–Kier alpha value is -2.39. The Kier molecular flexibility index (Phi) is 4.66. The van der Waals surface area contributed by atoms with Gasteiger partial charge in [-0.2, -0.15) is 0 Å². The van der Waals surface area contributed by atoms with Gasteiger partial charge >= 0.3 is 0 Å². The summed E-state index contributed by atoms with van der Waals surface area (Å²) in [5.41, 5.74) is 2.21. The van der Waals surface area contributed by atoms with Crippen molar-refractivity contribution in [1.82, 2.24) is 5.32 Å². The van der Waals surface area contributed by atoms with E-state index in [4.69, 9.17) is 4.42 Å². The topological polar surface area (TPSA) is 25.2 Å². The molecule has 0 aliphatic heterocycles. The van der Waals surface area contributed by atoms with Gasteiger partial charge < -0.3 is 9.73 Å². The molecular weight excluding hydrogens is 277 g/mol. The van der Waals surface area contributed by atoms with Gasteiger partial charge in [0, 0.05) is 5.56 Å². The van der Waals surface area contributed by atoms with Gasteiger partial charge in [0.1, 0.15) is 17.3 Å². The maximum absolute atomic E-state index is 12.9. The Labute approximate surface area is 129 Å². The Balaban J connectivity index is 1.50. The van der Waals surface area contributed by atoms with Crippen LogP contribution < -0.4 is 5.32 Å². The van der Waals surface area contributed by atoms with E-state index in [0.29, 0.717) is 6.54 Å². The fraction of sp³-hybridized carbons (Fsp3) is 0.158. The molecule has 2 aromatic carbocycles. The van der Waals surface area contributed by atoms with E-state index in [-0.39, 0.29) is 5.82 Å². The minimum Gasteiger partial charge on any atom is -0.460 e. The third-order valence-corrected chi connectivity index (χ3v) is 3.52. The molecular formula is C19H18FNO. The number of halogens is 1. The second kappa shape index (κ2) is 7.05. The summed E-state index contributed by atoms with van der Waals surface area (Å²) in [4.78, 5) is 0. The maximum atomic E-state index is 12.9. The molecule has 2 nitrogen and oxygen atoms in total. The van der Waals surface area contributed by atoms with Crippen molar-refractivity contribution in [1.29, 1.82) is 0 Å². The van der Waals surface area contributed by atoms with Crippen molar-refractivity contribution in [2.45, 2.75) is 13.0 Å². The van der Waals surface area contributed by atoms with Crippen molar-refractivity contribution in [2.24, 2.45) is 0 Å². The predicted molar refractivity (Wildman–Crippen MR) is 86.0 cm³/mol. The number of benzene rings is 2. The van der Waals surface area contributed by atoms with E-state index in [2.05, 4.69) is 29.6 Å². The van der Waals surface area contributed by atoms with E-state index in [1.165, 1.54) is 17.7 Å². The lowest BCUT2D eigenvalue weighted by atomic mass is 10.1. The molecule has 0 saturated carbocycles. The zero-order valence-electron chi connectivity index (χ0n) is 12.3. The van der Waals surface area contributed by atoms with Crippen LogP contribution in [0.25, 0.3) is 11.3 Å². The van der Waals surface area contributed by atoms with E-state index < -0.39 is 0 Å². The molecule has 3 aromatic rings. The lowest BCUT2D eigenvalue weighted by Crippen LogP contribution is -2.16. The molecule has 3 rings (SSSR count). The second-order valence-electron chi connectivity index (χ2n) is 5.19. The van der Waals surface area contributed by atoms with Crippen LogP contribution in [0.1, 0.15) is 11.3 Å². The molecule has 0 radical (unpaired) electrons. The van der Waals surface area contributed by atoms with Gasteiger partial charge in [-0.1, -0.05) is 30.3 Å². The van der Waals surface area contributed by atoms with Gasteiger partial charge in [-0.25, -0.2) is 4.39 Å². The molecule has 22 heavy (non-hydrogen) atoms. The Bertz CT molecular complexity index is 704. The zero-order valence-corrected chi connectivity index (χ0v) is 12.3. The fourth-order valence-corrected chi connectivity index (χ4v) is 2.33. The maximum Gasteiger partial charge on any atom is 0.134 e. The summed E-state index contributed by atoms with van der Waals surface area (Å²) in [6.07, 6.45) is 0.992. The van der Waals surface area contributed by atoms with Crippen molar-refractivity contribution in [3.8, 4) is 11.3 Å². The largest absolute Gasteiger partial charge is 0.460 e. The molecule has 1 heterocycles. The molecule has 0 aliphatic rings. The number of nitrogens with one attached hydrogen (secondary N) is 1. The van der Waals surface area contributed by atoms with Crippen LogP contribution in [0.4, 0.5) is 4.39 Å². The predicted octanol–water partition coefficient (Wildman–Crippen LogP) is 4.42. The average Bonchev–Trinajstić information content (AvgIpc) is 3.02. The zero-order chi connectivity index (χ0) is 15.2. The first-order valence-corrected chi connectivity index (χ1v) is 7.40. The van der Waals surface area contributed by atoms with E-state index in [1.54, 1.807) is 12.1 Å². The third kappa shape index (κ3) is 3.83. The number of hydrogen-bond donors (Lipinski definition) is 1. The number of rotatable bonds is 6. The van der Waals surface area contributed by atoms with E-state index in [1.807, 2.05) is 18.2 Å². The van der Waals surface area contributed by atoms with Crippen LogP contribution in [-0.2, 0) is 13.0 Å². The summed E-state index contributed by atoms with van der Waals surface area (Å²) >= 11 is 0. The summed E-state index contributed by atoms with van der Waals surface area (Å²) in [7, 11) is 0. The van der Waals surface area contributed by atoms with Crippen LogP contribution in [0.5, 0.6) is 0 Å². The molecule has 1 N–H and O–H groups in total. The molecule has 0 aliphatic carbocycles. The van der Waals surface area contributed by atoms with E-state index in [0.717, 1.165) is 30.0 Å². The van der Waals surface area contributed by atoms with Crippen molar-refractivity contribution in [2.75, 3.05) is 6.54 Å². The normalized spacial score (nSPS) is 10.8. The van der Waals surface area contributed by atoms with Crippen molar-refractivity contribution >= 4 is 0 Å². The van der Waals surface area contributed by atoms with Gasteiger partial charge in [0.2, 0.25) is 0 Å². The third-order valence-electron chi connectivity index (χ3n) is 3.52. The lowest BCUT2D eigenvalue weighted by Gasteiger charge is -2.03. The first-order valence-electron chi connectivity index (χ1n) is 7.40. The standard InChI is InChI=1S/C19H18FNO/c20-17-8-6-16(7-9-17)19-11-10-18(22-19)14-21-13-12-15-4-2-1-3-5-15/h1-11,21H,12-14H2. The molecule has 0 amide bonds. The van der Waals surface area contributed by atoms with E-state index in [9.17, 15) is 4.39 Å². The van der Waals surface area contributed by atoms with Crippen LogP contribution in [0, 0.1) is 5.82 Å². The molecule has 0 bridgehead atoms. The van der Waals surface area contributed by atoms with Gasteiger partial charge in [0.05, 0.1) is 6.54 Å². The average molecular weight is 295 g/mol. The van der Waals surface area contributed by atoms with Gasteiger partial charge in [0.15, 0.2) is 0 Å². The van der Waals surface area contributed by atoms with Crippen molar-refractivity contribution in [3.63, 3.8) is 0 Å². The molecule has 1 aromatic heterocycles. The Morgan fingerprint density at radius 3 is 2.41 bits per heavy atom. The molecule has 0 spiro atoms. The summed E-state index contributed by atoms with van der Waals surface area (Å²) in [6.45, 7) is 1.59. The van der Waals surface area contributed by atoms with Crippen molar-refractivity contribution < 1.29 is 8.81 Å². The van der Waals surface area contributed by atoms with Crippen LogP contribution in [0.15, 0.2) is 71.1 Å². The quantitative estimate of drug-likeness (QED) is 0.681. The summed E-state index contributed by atoms with van der Waals surface area (Å²) < 4.78 is 18.7. The van der Waals surface area contributed by atoms with Gasteiger partial charge in [-0.15, -0.1) is 0 Å². The monoisotopic (exact) mass is 295 g/mol.